The Morgan fingerprint density at radius 3 is 2.57 bits per heavy atom. The number of hydrogen-bond donors (Lipinski definition) is 1. The van der Waals surface area contributed by atoms with Gasteiger partial charge in [0.15, 0.2) is 0 Å². The number of nitrogens with one attached hydrogen (secondary N) is 1. The van der Waals surface area contributed by atoms with E-state index in [1.807, 2.05) is 20.8 Å². The molecule has 1 rings (SSSR count). The molecule has 0 bridgehead atoms. The van der Waals surface area contributed by atoms with E-state index in [9.17, 15) is 4.79 Å². The zero-order valence-electron chi connectivity index (χ0n) is 14.6. The summed E-state index contributed by atoms with van der Waals surface area (Å²) in [7, 11) is 1.45. The number of hydrogen-bond acceptors (Lipinski definition) is 5. The van der Waals surface area contributed by atoms with Crippen molar-refractivity contribution in [2.24, 2.45) is 0 Å². The molecule has 0 aromatic rings. The van der Waals surface area contributed by atoms with Crippen LogP contribution >= 0.6 is 0 Å². The molecule has 4 atom stereocenters. The Kier molecular flexibility index (Phi) is 6.63. The van der Waals surface area contributed by atoms with E-state index in [0.29, 0.717) is 6.04 Å². The van der Waals surface area contributed by atoms with Crippen molar-refractivity contribution in [3.05, 3.63) is 0 Å². The highest BCUT2D eigenvalue weighted by Gasteiger charge is 2.39. The summed E-state index contributed by atoms with van der Waals surface area (Å²) in [5.74, 6) is -0.197. The van der Waals surface area contributed by atoms with Gasteiger partial charge in [-0.05, 0) is 48.0 Å². The maximum absolute atomic E-state index is 12.2. The number of morpholine rings is 1. The summed E-state index contributed by atoms with van der Waals surface area (Å²) in [5.41, 5.74) is -0.663. The number of ether oxygens (including phenoxy) is 2. The molecule has 0 spiro atoms. The predicted octanol–water partition coefficient (Wildman–Crippen LogP) is 1.80. The van der Waals surface area contributed by atoms with Crippen LogP contribution in [0.3, 0.4) is 0 Å². The third kappa shape index (κ3) is 4.94. The Labute approximate surface area is 129 Å². The van der Waals surface area contributed by atoms with Crippen LogP contribution < -0.4 is 5.32 Å². The summed E-state index contributed by atoms with van der Waals surface area (Å²) in [6.45, 7) is 14.1. The second kappa shape index (κ2) is 7.56. The average molecular weight is 300 g/mol. The third-order valence-electron chi connectivity index (χ3n) is 4.17. The minimum atomic E-state index is -0.663. The maximum Gasteiger partial charge on any atom is 0.325 e. The average Bonchev–Trinajstić information content (AvgIpc) is 2.39. The van der Waals surface area contributed by atoms with Crippen LogP contribution in [-0.4, -0.2) is 60.9 Å². The molecule has 1 aliphatic heterocycles. The van der Waals surface area contributed by atoms with Crippen LogP contribution in [0.25, 0.3) is 0 Å². The third-order valence-corrected chi connectivity index (χ3v) is 4.17. The van der Waals surface area contributed by atoms with Crippen molar-refractivity contribution in [1.82, 2.24) is 10.2 Å². The van der Waals surface area contributed by atoms with E-state index >= 15 is 0 Å². The van der Waals surface area contributed by atoms with Crippen molar-refractivity contribution < 1.29 is 14.3 Å². The fraction of sp³-hybridized carbons (Fsp3) is 0.938. The van der Waals surface area contributed by atoms with Crippen LogP contribution in [0.2, 0.25) is 0 Å². The van der Waals surface area contributed by atoms with E-state index in [-0.39, 0.29) is 24.2 Å². The first kappa shape index (κ1) is 18.4. The molecule has 1 heterocycles. The second-order valence-corrected chi connectivity index (χ2v) is 6.87. The van der Waals surface area contributed by atoms with E-state index in [0.717, 1.165) is 19.6 Å². The molecule has 0 amide bonds. The van der Waals surface area contributed by atoms with Crippen molar-refractivity contribution >= 4 is 5.97 Å². The molecule has 0 saturated carbocycles. The summed E-state index contributed by atoms with van der Waals surface area (Å²) in [5, 5.41) is 3.37. The smallest absolute Gasteiger partial charge is 0.325 e. The van der Waals surface area contributed by atoms with Crippen molar-refractivity contribution in [2.75, 3.05) is 20.3 Å². The number of esters is 1. The lowest BCUT2D eigenvalue weighted by atomic mass is 9.91. The first-order valence-electron chi connectivity index (χ1n) is 7.93. The molecule has 124 valence electrons. The summed E-state index contributed by atoms with van der Waals surface area (Å²) < 4.78 is 10.7. The molecular formula is C16H32N2O3. The Bertz CT molecular complexity index is 348. The van der Waals surface area contributed by atoms with Crippen molar-refractivity contribution in [1.29, 1.82) is 0 Å². The standard InChI is InChI=1S/C16H32N2O3/c1-11(2)17-16(6,15(19)20-7)8-12(3)18-9-14(5)21-10-13(18)4/h11-14,17H,8-10H2,1-7H3. The highest BCUT2D eigenvalue weighted by Crippen LogP contribution is 2.23. The lowest BCUT2D eigenvalue weighted by Gasteiger charge is -2.43. The Hall–Kier alpha value is -0.650. The van der Waals surface area contributed by atoms with Gasteiger partial charge in [-0.3, -0.25) is 15.0 Å². The van der Waals surface area contributed by atoms with Gasteiger partial charge in [0.1, 0.15) is 5.54 Å². The highest BCUT2D eigenvalue weighted by molar-refractivity contribution is 5.80. The molecular weight excluding hydrogens is 268 g/mol. The van der Waals surface area contributed by atoms with E-state index in [1.165, 1.54) is 7.11 Å². The predicted molar refractivity (Wildman–Crippen MR) is 84.4 cm³/mol. The monoisotopic (exact) mass is 300 g/mol. The summed E-state index contributed by atoms with van der Waals surface area (Å²) in [6.07, 6.45) is 0.959. The zero-order chi connectivity index (χ0) is 16.2. The van der Waals surface area contributed by atoms with Crippen molar-refractivity contribution in [3.63, 3.8) is 0 Å². The van der Waals surface area contributed by atoms with Gasteiger partial charge in [-0.1, -0.05) is 0 Å². The fourth-order valence-electron chi connectivity index (χ4n) is 3.31. The van der Waals surface area contributed by atoms with Gasteiger partial charge < -0.3 is 9.47 Å². The molecule has 0 aromatic carbocycles. The first-order chi connectivity index (χ1) is 9.69. The van der Waals surface area contributed by atoms with Gasteiger partial charge in [-0.25, -0.2) is 0 Å². The lowest BCUT2D eigenvalue weighted by molar-refractivity contribution is -0.149. The fourth-order valence-corrected chi connectivity index (χ4v) is 3.31. The van der Waals surface area contributed by atoms with Crippen LogP contribution in [0.1, 0.15) is 48.0 Å². The van der Waals surface area contributed by atoms with Gasteiger partial charge >= 0.3 is 5.97 Å². The van der Waals surface area contributed by atoms with Crippen LogP contribution in [0, 0.1) is 0 Å². The molecule has 5 nitrogen and oxygen atoms in total. The highest BCUT2D eigenvalue weighted by atomic mass is 16.5. The Morgan fingerprint density at radius 2 is 2.05 bits per heavy atom. The molecule has 1 saturated heterocycles. The molecule has 21 heavy (non-hydrogen) atoms. The normalized spacial score (nSPS) is 28.2. The number of nitrogens with zero attached hydrogens (tertiary/aromatic N) is 1. The van der Waals surface area contributed by atoms with Gasteiger partial charge in [0.25, 0.3) is 0 Å². The van der Waals surface area contributed by atoms with E-state index in [2.05, 4.69) is 31.0 Å². The van der Waals surface area contributed by atoms with Crippen molar-refractivity contribution in [3.8, 4) is 0 Å². The molecule has 0 radical (unpaired) electrons. The SMILES string of the molecule is COC(=O)C(C)(CC(C)N1CC(C)OCC1C)NC(C)C. The molecule has 1 fully saturated rings. The largest absolute Gasteiger partial charge is 0.468 e. The van der Waals surface area contributed by atoms with Crippen LogP contribution in [0.5, 0.6) is 0 Å². The minimum Gasteiger partial charge on any atom is -0.468 e. The zero-order valence-corrected chi connectivity index (χ0v) is 14.6. The van der Waals surface area contributed by atoms with Crippen LogP contribution in [-0.2, 0) is 14.3 Å². The number of rotatable bonds is 6. The van der Waals surface area contributed by atoms with Crippen molar-refractivity contribution in [2.45, 2.75) is 77.7 Å². The molecule has 1 aliphatic rings. The topological polar surface area (TPSA) is 50.8 Å². The van der Waals surface area contributed by atoms with Crippen LogP contribution in [0.4, 0.5) is 0 Å². The van der Waals surface area contributed by atoms with Crippen LogP contribution in [0.15, 0.2) is 0 Å². The molecule has 5 heteroatoms. The lowest BCUT2D eigenvalue weighted by Crippen LogP contribution is -2.58. The van der Waals surface area contributed by atoms with Gasteiger partial charge in [-0.2, -0.15) is 0 Å². The molecule has 4 unspecified atom stereocenters. The minimum absolute atomic E-state index is 0.197. The number of carbonyl (C=O) groups excluding carboxylic acids is 1. The van der Waals surface area contributed by atoms with Gasteiger partial charge in [-0.15, -0.1) is 0 Å². The molecule has 0 aliphatic carbocycles. The first-order valence-corrected chi connectivity index (χ1v) is 7.93. The Morgan fingerprint density at radius 1 is 1.43 bits per heavy atom. The number of methoxy groups -OCH3 is 1. The van der Waals surface area contributed by atoms with Gasteiger partial charge in [0.05, 0.1) is 19.8 Å². The maximum atomic E-state index is 12.2. The molecule has 0 aromatic heterocycles. The quantitative estimate of drug-likeness (QED) is 0.758. The Balaban J connectivity index is 2.79. The van der Waals surface area contributed by atoms with E-state index in [1.54, 1.807) is 0 Å². The second-order valence-electron chi connectivity index (χ2n) is 6.87. The van der Waals surface area contributed by atoms with E-state index < -0.39 is 5.54 Å². The van der Waals surface area contributed by atoms with Gasteiger partial charge in [0, 0.05) is 24.7 Å². The number of carbonyl (C=O) groups is 1. The van der Waals surface area contributed by atoms with Gasteiger partial charge in [0.2, 0.25) is 0 Å². The van der Waals surface area contributed by atoms with E-state index in [4.69, 9.17) is 9.47 Å². The summed E-state index contributed by atoms with van der Waals surface area (Å²) in [6, 6.07) is 0.876. The summed E-state index contributed by atoms with van der Waals surface area (Å²) in [4.78, 5) is 14.6. The summed E-state index contributed by atoms with van der Waals surface area (Å²) >= 11 is 0. The molecule has 1 N–H and O–H groups in total.